The minimum absolute atomic E-state index is 0.0503. The van der Waals surface area contributed by atoms with E-state index in [-0.39, 0.29) is 23.9 Å². The van der Waals surface area contributed by atoms with E-state index >= 15 is 0 Å². The molecule has 0 aliphatic heterocycles. The van der Waals surface area contributed by atoms with E-state index in [0.717, 1.165) is 5.57 Å². The average Bonchev–Trinajstić information content (AvgIpc) is 2.59. The molecular weight excluding hydrogens is 272 g/mol. The van der Waals surface area contributed by atoms with Gasteiger partial charge in [-0.25, -0.2) is 0 Å². The minimum atomic E-state index is -1.79. The fourth-order valence-corrected chi connectivity index (χ4v) is 3.12. The van der Waals surface area contributed by atoms with Gasteiger partial charge < -0.3 is 19.0 Å². The summed E-state index contributed by atoms with van der Waals surface area (Å²) in [5.41, 5.74) is 0.824. The molecule has 0 heterocycles. The molecule has 1 aliphatic rings. The van der Waals surface area contributed by atoms with Crippen LogP contribution in [-0.2, 0) is 13.9 Å². The molecule has 20 heavy (non-hydrogen) atoms. The fraction of sp³-hybridized carbons (Fsp3) is 0.867. The van der Waals surface area contributed by atoms with Crippen molar-refractivity contribution in [2.75, 3.05) is 20.5 Å². The van der Waals surface area contributed by atoms with E-state index in [9.17, 15) is 5.11 Å². The van der Waals surface area contributed by atoms with Gasteiger partial charge >= 0.3 is 0 Å². The molecule has 0 unspecified atom stereocenters. The summed E-state index contributed by atoms with van der Waals surface area (Å²) in [5.74, 6) is 0.0503. The van der Waals surface area contributed by atoms with Crippen LogP contribution in [0.3, 0.4) is 0 Å². The van der Waals surface area contributed by atoms with Crippen molar-refractivity contribution in [1.29, 1.82) is 0 Å². The first-order valence-electron chi connectivity index (χ1n) is 7.21. The van der Waals surface area contributed by atoms with Crippen molar-refractivity contribution in [3.05, 3.63) is 12.2 Å². The second kappa shape index (κ2) is 6.71. The van der Waals surface area contributed by atoms with Gasteiger partial charge in [0.1, 0.15) is 6.79 Å². The van der Waals surface area contributed by atoms with Gasteiger partial charge in [0.15, 0.2) is 8.32 Å². The molecule has 0 saturated heterocycles. The molecule has 0 aromatic heterocycles. The molecule has 0 bridgehead atoms. The molecule has 3 atom stereocenters. The van der Waals surface area contributed by atoms with Crippen LogP contribution < -0.4 is 0 Å². The minimum Gasteiger partial charge on any atom is -0.416 e. The number of rotatable bonds is 6. The lowest BCUT2D eigenvalue weighted by atomic mass is 10.0. The number of hydrogen-bond acceptors (Lipinski definition) is 4. The van der Waals surface area contributed by atoms with Crippen LogP contribution in [-0.4, -0.2) is 46.1 Å². The van der Waals surface area contributed by atoms with Crippen molar-refractivity contribution in [2.45, 2.75) is 57.5 Å². The average molecular weight is 302 g/mol. The third-order valence-corrected chi connectivity index (χ3v) is 9.14. The first-order chi connectivity index (χ1) is 9.10. The van der Waals surface area contributed by atoms with E-state index in [1.165, 1.54) is 0 Å². The third-order valence-electron chi connectivity index (χ3n) is 4.64. The van der Waals surface area contributed by atoms with E-state index in [0.29, 0.717) is 13.0 Å². The van der Waals surface area contributed by atoms with Crippen LogP contribution in [0.25, 0.3) is 0 Å². The predicted octanol–water partition coefficient (Wildman–Crippen LogP) is 2.93. The molecule has 1 fully saturated rings. The Bertz CT molecular complexity index is 335. The van der Waals surface area contributed by atoms with Gasteiger partial charge in [-0.3, -0.25) is 0 Å². The third kappa shape index (κ3) is 4.15. The molecule has 0 radical (unpaired) electrons. The second-order valence-electron chi connectivity index (χ2n) is 7.12. The summed E-state index contributed by atoms with van der Waals surface area (Å²) < 4.78 is 16.9. The van der Waals surface area contributed by atoms with E-state index in [1.54, 1.807) is 7.11 Å². The molecule has 0 aromatic carbocycles. The summed E-state index contributed by atoms with van der Waals surface area (Å²) in [6, 6.07) is 0. The lowest BCUT2D eigenvalue weighted by Crippen LogP contribution is -2.43. The van der Waals surface area contributed by atoms with E-state index in [1.807, 2.05) is 0 Å². The Labute approximate surface area is 124 Å². The Morgan fingerprint density at radius 3 is 2.45 bits per heavy atom. The Hall–Kier alpha value is -0.203. The van der Waals surface area contributed by atoms with Gasteiger partial charge in [-0.2, -0.15) is 0 Å². The van der Waals surface area contributed by atoms with Crippen molar-refractivity contribution in [1.82, 2.24) is 0 Å². The highest BCUT2D eigenvalue weighted by atomic mass is 28.4. The van der Waals surface area contributed by atoms with Gasteiger partial charge in [-0.1, -0.05) is 27.4 Å². The molecule has 0 aromatic rings. The zero-order valence-corrected chi connectivity index (χ0v) is 14.7. The molecule has 5 heteroatoms. The SMILES string of the molecule is C=C1[C@H](O)C[C@H](OCOC)[C@H]1CO[Si](C)(C)C(C)(C)C. The van der Waals surface area contributed by atoms with Gasteiger partial charge in [-0.15, -0.1) is 0 Å². The summed E-state index contributed by atoms with van der Waals surface area (Å²) in [6.45, 7) is 15.9. The fourth-order valence-electron chi connectivity index (χ4n) is 2.09. The van der Waals surface area contributed by atoms with Crippen molar-refractivity contribution < 1.29 is 19.0 Å². The summed E-state index contributed by atoms with van der Waals surface area (Å²) in [4.78, 5) is 0. The largest absolute Gasteiger partial charge is 0.416 e. The lowest BCUT2D eigenvalue weighted by molar-refractivity contribution is -0.0877. The van der Waals surface area contributed by atoms with Gasteiger partial charge in [0.2, 0.25) is 0 Å². The van der Waals surface area contributed by atoms with Crippen LogP contribution in [0.1, 0.15) is 27.2 Å². The number of hydrogen-bond donors (Lipinski definition) is 1. The normalized spacial score (nSPS) is 28.1. The molecule has 0 spiro atoms. The number of ether oxygens (including phenoxy) is 2. The number of aliphatic hydroxyl groups is 1. The van der Waals surface area contributed by atoms with Crippen molar-refractivity contribution in [3.63, 3.8) is 0 Å². The van der Waals surface area contributed by atoms with Gasteiger partial charge in [0.05, 0.1) is 12.2 Å². The molecule has 4 nitrogen and oxygen atoms in total. The molecule has 1 aliphatic carbocycles. The van der Waals surface area contributed by atoms with Gasteiger partial charge in [0.25, 0.3) is 0 Å². The van der Waals surface area contributed by atoms with Crippen LogP contribution in [0.5, 0.6) is 0 Å². The zero-order valence-electron chi connectivity index (χ0n) is 13.7. The second-order valence-corrected chi connectivity index (χ2v) is 11.9. The Morgan fingerprint density at radius 2 is 1.95 bits per heavy atom. The summed E-state index contributed by atoms with van der Waals surface area (Å²) in [6.07, 6.45) is 0.0142. The quantitative estimate of drug-likeness (QED) is 0.465. The molecule has 1 N–H and O–H groups in total. The lowest BCUT2D eigenvalue weighted by Gasteiger charge is -2.37. The maximum atomic E-state index is 9.96. The zero-order chi connectivity index (χ0) is 15.6. The first-order valence-corrected chi connectivity index (χ1v) is 10.1. The van der Waals surface area contributed by atoms with Crippen LogP contribution in [0.2, 0.25) is 18.1 Å². The smallest absolute Gasteiger partial charge is 0.192 e. The predicted molar refractivity (Wildman–Crippen MR) is 83.2 cm³/mol. The van der Waals surface area contributed by atoms with E-state index in [4.69, 9.17) is 13.9 Å². The highest BCUT2D eigenvalue weighted by Crippen LogP contribution is 2.39. The van der Waals surface area contributed by atoms with Crippen molar-refractivity contribution in [3.8, 4) is 0 Å². The van der Waals surface area contributed by atoms with Crippen LogP contribution >= 0.6 is 0 Å². The van der Waals surface area contributed by atoms with E-state index in [2.05, 4.69) is 40.4 Å². The monoisotopic (exact) mass is 302 g/mol. The highest BCUT2D eigenvalue weighted by Gasteiger charge is 2.42. The van der Waals surface area contributed by atoms with Crippen LogP contribution in [0, 0.1) is 5.92 Å². The Kier molecular flexibility index (Phi) is 5.98. The topological polar surface area (TPSA) is 47.9 Å². The Morgan fingerprint density at radius 1 is 1.35 bits per heavy atom. The van der Waals surface area contributed by atoms with E-state index < -0.39 is 14.4 Å². The Balaban J connectivity index is 2.65. The van der Waals surface area contributed by atoms with Gasteiger partial charge in [-0.05, 0) is 23.7 Å². The molecule has 118 valence electrons. The van der Waals surface area contributed by atoms with Crippen LogP contribution in [0.4, 0.5) is 0 Å². The van der Waals surface area contributed by atoms with Crippen molar-refractivity contribution >= 4 is 8.32 Å². The molecular formula is C15H30O4Si. The standard InChI is InChI=1S/C15H30O4Si/c1-11-12(9-19-20(6,7)15(2,3)4)14(8-13(11)16)18-10-17-5/h12-14,16H,1,8-10H2,2-7H3/t12-,13+,14-/m0/s1. The summed E-state index contributed by atoms with van der Waals surface area (Å²) >= 11 is 0. The van der Waals surface area contributed by atoms with Gasteiger partial charge in [0, 0.05) is 26.1 Å². The number of aliphatic hydroxyl groups excluding tert-OH is 1. The maximum Gasteiger partial charge on any atom is 0.192 e. The van der Waals surface area contributed by atoms with Crippen molar-refractivity contribution in [2.24, 2.45) is 5.92 Å². The van der Waals surface area contributed by atoms with Crippen LogP contribution in [0.15, 0.2) is 12.2 Å². The highest BCUT2D eigenvalue weighted by molar-refractivity contribution is 6.74. The molecule has 1 saturated carbocycles. The first kappa shape index (κ1) is 17.8. The molecule has 0 amide bonds. The summed E-state index contributed by atoms with van der Waals surface area (Å²) in [7, 11) is -0.196. The summed E-state index contributed by atoms with van der Waals surface area (Å²) in [5, 5.41) is 10.1. The maximum absolute atomic E-state index is 9.96. The number of methoxy groups -OCH3 is 1. The molecule has 1 rings (SSSR count).